The highest BCUT2D eigenvalue weighted by molar-refractivity contribution is 6.36. The second-order valence-corrected chi connectivity index (χ2v) is 3.85. The van der Waals surface area contributed by atoms with Crippen LogP contribution in [0.3, 0.4) is 0 Å². The summed E-state index contributed by atoms with van der Waals surface area (Å²) in [5, 5.41) is 1.22. The Morgan fingerprint density at radius 1 is 1.31 bits per heavy atom. The third-order valence-electron chi connectivity index (χ3n) is 1.87. The number of benzene rings is 1. The van der Waals surface area contributed by atoms with Crippen LogP contribution in [-0.4, -0.2) is 15.9 Å². The van der Waals surface area contributed by atoms with Crippen LogP contribution in [0.4, 0.5) is 0 Å². The van der Waals surface area contributed by atoms with Crippen molar-refractivity contribution in [3.05, 3.63) is 28.6 Å². The van der Waals surface area contributed by atoms with Crippen LogP contribution in [0.1, 0.15) is 6.92 Å². The molecule has 0 N–H and O–H groups in total. The lowest BCUT2D eigenvalue weighted by Gasteiger charge is -2.06. The molecular weight excluding hydrogens is 251 g/mol. The van der Waals surface area contributed by atoms with Gasteiger partial charge in [-0.3, -0.25) is 4.79 Å². The van der Waals surface area contributed by atoms with Crippen molar-refractivity contribution in [1.29, 1.82) is 0 Å². The number of ether oxygens (including phenoxy) is 1. The number of carbonyl (C=O) groups excluding carboxylic acids is 1. The van der Waals surface area contributed by atoms with E-state index in [1.165, 1.54) is 19.3 Å². The molecule has 2 aromatic rings. The molecule has 0 radical (unpaired) electrons. The van der Waals surface area contributed by atoms with Gasteiger partial charge in [-0.1, -0.05) is 23.2 Å². The van der Waals surface area contributed by atoms with Crippen molar-refractivity contribution < 1.29 is 9.53 Å². The molecule has 0 unspecified atom stereocenters. The van der Waals surface area contributed by atoms with Gasteiger partial charge >= 0.3 is 5.97 Å². The molecule has 4 nitrogen and oxygen atoms in total. The molecule has 82 valence electrons. The van der Waals surface area contributed by atoms with Crippen LogP contribution in [0, 0.1) is 0 Å². The van der Waals surface area contributed by atoms with E-state index in [1.54, 1.807) is 6.07 Å². The summed E-state index contributed by atoms with van der Waals surface area (Å²) in [7, 11) is 0. The first-order chi connectivity index (χ1) is 7.58. The monoisotopic (exact) mass is 256 g/mol. The van der Waals surface area contributed by atoms with E-state index in [9.17, 15) is 4.79 Å². The molecule has 1 aromatic carbocycles. The lowest BCUT2D eigenvalue weighted by molar-refractivity contribution is -0.131. The third-order valence-corrected chi connectivity index (χ3v) is 2.39. The SMILES string of the molecule is CC(=O)Oc1cc(Cl)cc2c(Cl)ncnc12. The number of hydrogen-bond acceptors (Lipinski definition) is 4. The van der Waals surface area contributed by atoms with Crippen molar-refractivity contribution in [3.8, 4) is 5.75 Å². The molecule has 2 rings (SSSR count). The maximum Gasteiger partial charge on any atom is 0.308 e. The van der Waals surface area contributed by atoms with Gasteiger partial charge in [-0.05, 0) is 6.07 Å². The zero-order chi connectivity index (χ0) is 11.7. The van der Waals surface area contributed by atoms with E-state index in [1.807, 2.05) is 0 Å². The first-order valence-corrected chi connectivity index (χ1v) is 5.11. The molecule has 0 bridgehead atoms. The van der Waals surface area contributed by atoms with Gasteiger partial charge in [0.15, 0.2) is 5.75 Å². The highest BCUT2D eigenvalue weighted by atomic mass is 35.5. The zero-order valence-corrected chi connectivity index (χ0v) is 9.71. The average Bonchev–Trinajstić information content (AvgIpc) is 2.18. The van der Waals surface area contributed by atoms with E-state index >= 15 is 0 Å². The molecule has 0 atom stereocenters. The van der Waals surface area contributed by atoms with Gasteiger partial charge in [0.05, 0.1) is 0 Å². The molecule has 1 aromatic heterocycles. The summed E-state index contributed by atoms with van der Waals surface area (Å²) in [5.41, 5.74) is 0.458. The number of aromatic nitrogens is 2. The standard InChI is InChI=1S/C10H6Cl2N2O2/c1-5(15)16-8-3-6(11)2-7-9(8)13-4-14-10(7)12/h2-4H,1H3. The fraction of sp³-hybridized carbons (Fsp3) is 0.100. The van der Waals surface area contributed by atoms with Crippen LogP contribution in [0.5, 0.6) is 5.75 Å². The van der Waals surface area contributed by atoms with Crippen molar-refractivity contribution in [3.63, 3.8) is 0 Å². The summed E-state index contributed by atoms with van der Waals surface area (Å²) in [4.78, 5) is 18.7. The number of hydrogen-bond donors (Lipinski definition) is 0. The van der Waals surface area contributed by atoms with Gasteiger partial charge < -0.3 is 4.74 Å². The number of carbonyl (C=O) groups is 1. The van der Waals surface area contributed by atoms with Crippen molar-refractivity contribution in [2.75, 3.05) is 0 Å². The van der Waals surface area contributed by atoms with Gasteiger partial charge in [0.2, 0.25) is 0 Å². The first kappa shape index (κ1) is 11.1. The molecule has 0 saturated heterocycles. The molecule has 0 aliphatic carbocycles. The minimum Gasteiger partial charge on any atom is -0.424 e. The molecule has 0 aliphatic heterocycles. The average molecular weight is 257 g/mol. The fourth-order valence-corrected chi connectivity index (χ4v) is 1.70. The highest BCUT2D eigenvalue weighted by Crippen LogP contribution is 2.31. The predicted molar refractivity (Wildman–Crippen MR) is 60.9 cm³/mol. The quantitative estimate of drug-likeness (QED) is 0.447. The maximum absolute atomic E-state index is 10.9. The summed E-state index contributed by atoms with van der Waals surface area (Å²) < 4.78 is 4.99. The van der Waals surface area contributed by atoms with Crippen LogP contribution in [0.15, 0.2) is 18.5 Å². The van der Waals surface area contributed by atoms with E-state index in [-0.39, 0.29) is 10.9 Å². The van der Waals surface area contributed by atoms with Gasteiger partial charge in [-0.25, -0.2) is 9.97 Å². The Hall–Kier alpha value is -1.39. The summed E-state index contributed by atoms with van der Waals surface area (Å²) in [5.74, 6) is -0.169. The van der Waals surface area contributed by atoms with Gasteiger partial charge in [0.1, 0.15) is 17.0 Å². The molecule has 0 saturated carbocycles. The molecule has 0 aliphatic rings. The third kappa shape index (κ3) is 2.08. The lowest BCUT2D eigenvalue weighted by atomic mass is 10.2. The van der Waals surface area contributed by atoms with Gasteiger partial charge in [-0.15, -0.1) is 0 Å². The van der Waals surface area contributed by atoms with Crippen molar-refractivity contribution >= 4 is 40.1 Å². The molecule has 16 heavy (non-hydrogen) atoms. The van der Waals surface area contributed by atoms with Gasteiger partial charge in [-0.2, -0.15) is 0 Å². The molecule has 0 spiro atoms. The maximum atomic E-state index is 10.9. The largest absolute Gasteiger partial charge is 0.424 e. The minimum atomic E-state index is -0.446. The Kier molecular flexibility index (Phi) is 2.94. The number of halogens is 2. The smallest absolute Gasteiger partial charge is 0.308 e. The topological polar surface area (TPSA) is 52.1 Å². The molecule has 0 amide bonds. The van der Waals surface area contributed by atoms with Gasteiger partial charge in [0, 0.05) is 23.4 Å². The molecule has 6 heteroatoms. The van der Waals surface area contributed by atoms with E-state index in [4.69, 9.17) is 27.9 Å². The van der Waals surface area contributed by atoms with Crippen molar-refractivity contribution in [2.45, 2.75) is 6.92 Å². The number of fused-ring (bicyclic) bond motifs is 1. The zero-order valence-electron chi connectivity index (χ0n) is 8.20. The Bertz CT molecular complexity index is 572. The van der Waals surface area contributed by atoms with Crippen molar-refractivity contribution in [1.82, 2.24) is 9.97 Å². The van der Waals surface area contributed by atoms with Gasteiger partial charge in [0.25, 0.3) is 0 Å². The predicted octanol–water partition coefficient (Wildman–Crippen LogP) is 2.86. The summed E-state index contributed by atoms with van der Waals surface area (Å²) in [6, 6.07) is 3.13. The fourth-order valence-electron chi connectivity index (χ4n) is 1.30. The second-order valence-electron chi connectivity index (χ2n) is 3.06. The van der Waals surface area contributed by atoms with E-state index in [2.05, 4.69) is 9.97 Å². The molecule has 0 fully saturated rings. The summed E-state index contributed by atoms with van der Waals surface area (Å²) >= 11 is 11.8. The highest BCUT2D eigenvalue weighted by Gasteiger charge is 2.10. The summed E-state index contributed by atoms with van der Waals surface area (Å²) in [6.07, 6.45) is 1.30. The van der Waals surface area contributed by atoms with E-state index in [0.717, 1.165) is 0 Å². The number of rotatable bonds is 1. The second kappa shape index (κ2) is 4.23. The molecule has 1 heterocycles. The van der Waals surface area contributed by atoms with Crippen LogP contribution in [0.2, 0.25) is 10.2 Å². The van der Waals surface area contributed by atoms with E-state index < -0.39 is 5.97 Å². The van der Waals surface area contributed by atoms with Crippen LogP contribution < -0.4 is 4.74 Å². The Labute approximate surface area is 101 Å². The number of nitrogens with zero attached hydrogens (tertiary/aromatic N) is 2. The first-order valence-electron chi connectivity index (χ1n) is 4.36. The van der Waals surface area contributed by atoms with Crippen LogP contribution in [-0.2, 0) is 4.79 Å². The summed E-state index contributed by atoms with van der Waals surface area (Å²) in [6.45, 7) is 1.30. The molecular formula is C10H6Cl2N2O2. The Morgan fingerprint density at radius 3 is 2.75 bits per heavy atom. The van der Waals surface area contributed by atoms with Crippen LogP contribution >= 0.6 is 23.2 Å². The van der Waals surface area contributed by atoms with Crippen molar-refractivity contribution in [2.24, 2.45) is 0 Å². The van der Waals surface area contributed by atoms with Crippen LogP contribution in [0.25, 0.3) is 10.9 Å². The Balaban J connectivity index is 2.72. The van der Waals surface area contributed by atoms with E-state index in [0.29, 0.717) is 15.9 Å². The normalized spacial score (nSPS) is 10.4. The Morgan fingerprint density at radius 2 is 2.06 bits per heavy atom. The lowest BCUT2D eigenvalue weighted by Crippen LogP contribution is -2.02. The number of esters is 1. The minimum absolute atomic E-state index is 0.265.